The molecule has 0 fully saturated rings. The Hall–Kier alpha value is -1.52. The number of H-pyrrole nitrogens is 1. The van der Waals surface area contributed by atoms with Crippen molar-refractivity contribution in [2.75, 3.05) is 13.6 Å². The molecule has 0 saturated carbocycles. The summed E-state index contributed by atoms with van der Waals surface area (Å²) >= 11 is 6.52. The number of carbonyl (C=O) groups is 1. The number of nitrogens with zero attached hydrogens (tertiary/aromatic N) is 1. The van der Waals surface area contributed by atoms with E-state index in [9.17, 15) is 4.79 Å². The van der Waals surface area contributed by atoms with Gasteiger partial charge in [-0.3, -0.25) is 4.79 Å². The van der Waals surface area contributed by atoms with Crippen LogP contribution in [0.5, 0.6) is 0 Å². The number of hydrogen-bond donors (Lipinski definition) is 2. The third-order valence-corrected chi connectivity index (χ3v) is 5.00. The normalized spacial score (nSPS) is 15.9. The van der Waals surface area contributed by atoms with Crippen molar-refractivity contribution in [1.82, 2.24) is 15.2 Å². The lowest BCUT2D eigenvalue weighted by Crippen LogP contribution is -2.34. The highest BCUT2D eigenvalue weighted by atomic mass is 35.5. The smallest absolute Gasteiger partial charge is 0.219 e. The number of halogens is 1. The summed E-state index contributed by atoms with van der Waals surface area (Å²) in [5, 5.41) is 5.31. The first-order chi connectivity index (χ1) is 10.5. The van der Waals surface area contributed by atoms with Crippen molar-refractivity contribution >= 4 is 28.4 Å². The lowest BCUT2D eigenvalue weighted by molar-refractivity contribution is -0.129. The number of nitrogens with one attached hydrogen (secondary N) is 2. The van der Waals surface area contributed by atoms with Gasteiger partial charge in [-0.15, -0.1) is 0 Å². The van der Waals surface area contributed by atoms with Crippen molar-refractivity contribution in [1.29, 1.82) is 0 Å². The van der Waals surface area contributed by atoms with Gasteiger partial charge < -0.3 is 15.2 Å². The molecule has 1 aliphatic heterocycles. The van der Waals surface area contributed by atoms with Gasteiger partial charge in [-0.05, 0) is 43.1 Å². The molecule has 0 bridgehead atoms. The number of aromatic nitrogens is 1. The number of amides is 1. The lowest BCUT2D eigenvalue weighted by Gasteiger charge is -2.25. The van der Waals surface area contributed by atoms with E-state index >= 15 is 0 Å². The van der Waals surface area contributed by atoms with Crippen LogP contribution in [-0.4, -0.2) is 29.4 Å². The Morgan fingerprint density at radius 2 is 2.27 bits per heavy atom. The molecule has 2 aromatic rings. The van der Waals surface area contributed by atoms with E-state index in [2.05, 4.69) is 29.4 Å². The van der Waals surface area contributed by atoms with Crippen LogP contribution in [0.15, 0.2) is 12.1 Å². The zero-order chi connectivity index (χ0) is 15.9. The number of carbonyl (C=O) groups excluding carboxylic acids is 1. The van der Waals surface area contributed by atoms with Gasteiger partial charge in [-0.25, -0.2) is 0 Å². The van der Waals surface area contributed by atoms with E-state index < -0.39 is 0 Å². The second-order valence-electron chi connectivity index (χ2n) is 5.94. The van der Waals surface area contributed by atoms with Crippen molar-refractivity contribution in [3.63, 3.8) is 0 Å². The van der Waals surface area contributed by atoms with Crippen LogP contribution < -0.4 is 5.32 Å². The van der Waals surface area contributed by atoms with Crippen molar-refractivity contribution in [3.8, 4) is 0 Å². The molecule has 0 spiro atoms. The standard InChI is InChI=1S/C17H22ClN3O/c1-4-15(19-3)13-8-16-12(7-14(13)18)11-5-6-21(10(2)22)9-17(11)20-16/h7-8,15,19-20H,4-6,9H2,1-3H3. The molecule has 4 nitrogen and oxygen atoms in total. The van der Waals surface area contributed by atoms with Gasteiger partial charge in [-0.2, -0.15) is 0 Å². The van der Waals surface area contributed by atoms with Gasteiger partial charge in [0.2, 0.25) is 5.91 Å². The molecule has 118 valence electrons. The first-order valence-corrected chi connectivity index (χ1v) is 8.18. The van der Waals surface area contributed by atoms with E-state index in [-0.39, 0.29) is 11.9 Å². The van der Waals surface area contributed by atoms with Crippen LogP contribution in [0.4, 0.5) is 0 Å². The Labute approximate surface area is 135 Å². The van der Waals surface area contributed by atoms with Crippen molar-refractivity contribution < 1.29 is 4.79 Å². The zero-order valence-corrected chi connectivity index (χ0v) is 14.0. The molecule has 1 aliphatic rings. The molecule has 1 amide bonds. The van der Waals surface area contributed by atoms with Gasteiger partial charge in [0.1, 0.15) is 0 Å². The summed E-state index contributed by atoms with van der Waals surface area (Å²) < 4.78 is 0. The van der Waals surface area contributed by atoms with E-state index in [0.717, 1.165) is 41.2 Å². The Balaban J connectivity index is 2.07. The van der Waals surface area contributed by atoms with Crippen LogP contribution in [0.1, 0.15) is 43.1 Å². The lowest BCUT2D eigenvalue weighted by atomic mass is 9.99. The molecular formula is C17H22ClN3O. The molecule has 2 heterocycles. The van der Waals surface area contributed by atoms with Crippen molar-refractivity contribution in [2.24, 2.45) is 0 Å². The fourth-order valence-corrected chi connectivity index (χ4v) is 3.69. The van der Waals surface area contributed by atoms with Gasteiger partial charge >= 0.3 is 0 Å². The van der Waals surface area contributed by atoms with Gasteiger partial charge in [0.25, 0.3) is 0 Å². The monoisotopic (exact) mass is 319 g/mol. The molecular weight excluding hydrogens is 298 g/mol. The van der Waals surface area contributed by atoms with Gasteiger partial charge in [0.05, 0.1) is 6.54 Å². The molecule has 0 saturated heterocycles. The SMILES string of the molecule is CCC(NC)c1cc2[nH]c3c(c2cc1Cl)CCN(C(C)=O)C3. The van der Waals surface area contributed by atoms with Crippen LogP contribution in [0.25, 0.3) is 10.9 Å². The molecule has 0 aliphatic carbocycles. The number of fused-ring (bicyclic) bond motifs is 3. The maximum absolute atomic E-state index is 11.6. The molecule has 22 heavy (non-hydrogen) atoms. The molecule has 1 unspecified atom stereocenters. The Morgan fingerprint density at radius 1 is 1.50 bits per heavy atom. The van der Waals surface area contributed by atoms with Crippen molar-refractivity contribution in [3.05, 3.63) is 34.0 Å². The summed E-state index contributed by atoms with van der Waals surface area (Å²) in [6.07, 6.45) is 1.87. The van der Waals surface area contributed by atoms with E-state index in [1.54, 1.807) is 6.92 Å². The van der Waals surface area contributed by atoms with Crippen LogP contribution >= 0.6 is 11.6 Å². The Morgan fingerprint density at radius 3 is 2.91 bits per heavy atom. The Kier molecular flexibility index (Phi) is 4.15. The minimum atomic E-state index is 0.129. The topological polar surface area (TPSA) is 48.1 Å². The van der Waals surface area contributed by atoms with Crippen molar-refractivity contribution in [2.45, 2.75) is 39.3 Å². The van der Waals surface area contributed by atoms with E-state index in [4.69, 9.17) is 11.6 Å². The average Bonchev–Trinajstić information content (AvgIpc) is 2.85. The maximum Gasteiger partial charge on any atom is 0.219 e. The fourth-order valence-electron chi connectivity index (χ4n) is 3.40. The fraction of sp³-hybridized carbons (Fsp3) is 0.471. The largest absolute Gasteiger partial charge is 0.357 e. The molecule has 1 aromatic heterocycles. The third kappa shape index (κ3) is 2.50. The molecule has 1 aromatic carbocycles. The highest BCUT2D eigenvalue weighted by molar-refractivity contribution is 6.32. The highest BCUT2D eigenvalue weighted by Crippen LogP contribution is 2.34. The minimum Gasteiger partial charge on any atom is -0.357 e. The Bertz CT molecular complexity index is 718. The number of hydrogen-bond acceptors (Lipinski definition) is 2. The van der Waals surface area contributed by atoms with Gasteiger partial charge in [0.15, 0.2) is 0 Å². The highest BCUT2D eigenvalue weighted by Gasteiger charge is 2.23. The number of benzene rings is 1. The third-order valence-electron chi connectivity index (χ3n) is 4.67. The van der Waals surface area contributed by atoms with Gasteiger partial charge in [-0.1, -0.05) is 18.5 Å². The zero-order valence-electron chi connectivity index (χ0n) is 13.3. The second-order valence-corrected chi connectivity index (χ2v) is 6.35. The quantitative estimate of drug-likeness (QED) is 0.911. The molecule has 2 N–H and O–H groups in total. The predicted molar refractivity (Wildman–Crippen MR) is 90.2 cm³/mol. The molecule has 0 radical (unpaired) electrons. The van der Waals surface area contributed by atoms with Crippen LogP contribution in [-0.2, 0) is 17.8 Å². The average molecular weight is 320 g/mol. The maximum atomic E-state index is 11.6. The minimum absolute atomic E-state index is 0.129. The molecule has 5 heteroatoms. The van der Waals surface area contributed by atoms with Crippen LogP contribution in [0.3, 0.4) is 0 Å². The predicted octanol–water partition coefficient (Wildman–Crippen LogP) is 3.40. The first kappa shape index (κ1) is 15.4. The van der Waals surface area contributed by atoms with Crippen LogP contribution in [0, 0.1) is 0 Å². The summed E-state index contributed by atoms with van der Waals surface area (Å²) in [5.41, 5.74) is 4.69. The van der Waals surface area contributed by atoms with Gasteiger partial charge in [0, 0.05) is 41.1 Å². The van der Waals surface area contributed by atoms with E-state index in [1.165, 1.54) is 10.9 Å². The summed E-state index contributed by atoms with van der Waals surface area (Å²) in [7, 11) is 1.96. The first-order valence-electron chi connectivity index (χ1n) is 7.80. The molecule has 3 rings (SSSR count). The summed E-state index contributed by atoms with van der Waals surface area (Å²) in [6.45, 7) is 5.21. The van der Waals surface area contributed by atoms with Crippen LogP contribution in [0.2, 0.25) is 5.02 Å². The molecule has 1 atom stereocenters. The van der Waals surface area contributed by atoms with E-state index in [0.29, 0.717) is 6.54 Å². The van der Waals surface area contributed by atoms with E-state index in [1.807, 2.05) is 11.9 Å². The summed E-state index contributed by atoms with van der Waals surface area (Å²) in [5.74, 6) is 0.129. The number of aromatic amines is 1. The number of rotatable bonds is 3. The summed E-state index contributed by atoms with van der Waals surface area (Å²) in [4.78, 5) is 17.0. The second kappa shape index (κ2) is 5.94. The summed E-state index contributed by atoms with van der Waals surface area (Å²) in [6, 6.07) is 4.48.